The van der Waals surface area contributed by atoms with Crippen molar-refractivity contribution < 1.29 is 9.53 Å². The summed E-state index contributed by atoms with van der Waals surface area (Å²) in [4.78, 5) is 24.6. The standard InChI is InChI=1S/C34H29N7O2/c1-21-16-25(27-6-4-5-7-28(27)33(42)41-15-12-24(19-36)20-41)17-22(2)31(21)43-32-30-29(13-14-40(30)3)38-34(39-32)37-26-10-8-23(18-35)9-11-26/h4-11,13-14,16-17,24H,12,15,20H2,1-3H3,(H,37,38,39). The van der Waals surface area contributed by atoms with Gasteiger partial charge in [-0.2, -0.15) is 15.5 Å². The first kappa shape index (κ1) is 27.5. The summed E-state index contributed by atoms with van der Waals surface area (Å²) in [6.45, 7) is 5.01. The van der Waals surface area contributed by atoms with Gasteiger partial charge in [-0.1, -0.05) is 18.2 Å². The average Bonchev–Trinajstić information content (AvgIpc) is 3.66. The summed E-state index contributed by atoms with van der Waals surface area (Å²) in [5.74, 6) is 1.28. The van der Waals surface area contributed by atoms with Gasteiger partial charge < -0.3 is 19.5 Å². The number of likely N-dealkylation sites (tertiary alicyclic amines) is 1. The average molecular weight is 568 g/mol. The first-order chi connectivity index (χ1) is 20.8. The number of ether oxygens (including phenoxy) is 1. The smallest absolute Gasteiger partial charge is 0.254 e. The van der Waals surface area contributed by atoms with E-state index < -0.39 is 0 Å². The van der Waals surface area contributed by atoms with Crippen molar-refractivity contribution in [3.05, 3.63) is 95.2 Å². The van der Waals surface area contributed by atoms with Crippen molar-refractivity contribution in [2.45, 2.75) is 20.3 Å². The second-order valence-corrected chi connectivity index (χ2v) is 10.8. The van der Waals surface area contributed by atoms with Crippen LogP contribution in [0.15, 0.2) is 72.9 Å². The highest BCUT2D eigenvalue weighted by Gasteiger charge is 2.28. The minimum atomic E-state index is -0.116. The number of nitrogens with one attached hydrogen (secondary N) is 1. The molecule has 9 nitrogen and oxygen atoms in total. The first-order valence-corrected chi connectivity index (χ1v) is 14.0. The van der Waals surface area contributed by atoms with E-state index in [0.29, 0.717) is 48.2 Å². The van der Waals surface area contributed by atoms with Crippen LogP contribution in [-0.4, -0.2) is 38.4 Å². The minimum absolute atomic E-state index is 0.0571. The lowest BCUT2D eigenvalue weighted by atomic mass is 9.95. The Kier molecular flexibility index (Phi) is 7.23. The zero-order valence-electron chi connectivity index (χ0n) is 24.1. The maximum atomic E-state index is 13.5. The zero-order chi connectivity index (χ0) is 30.1. The van der Waals surface area contributed by atoms with Gasteiger partial charge in [-0.15, -0.1) is 0 Å². The van der Waals surface area contributed by atoms with Crippen molar-refractivity contribution in [1.82, 2.24) is 19.4 Å². The number of anilines is 2. The third-order valence-electron chi connectivity index (χ3n) is 7.74. The molecular weight excluding hydrogens is 538 g/mol. The van der Waals surface area contributed by atoms with E-state index in [1.807, 2.05) is 74.1 Å². The Morgan fingerprint density at radius 1 is 1.02 bits per heavy atom. The fourth-order valence-corrected chi connectivity index (χ4v) is 5.54. The number of nitriles is 2. The predicted octanol–water partition coefficient (Wildman–Crippen LogP) is 6.65. The highest BCUT2D eigenvalue weighted by Crippen LogP contribution is 2.37. The molecule has 0 radical (unpaired) electrons. The van der Waals surface area contributed by atoms with Crippen LogP contribution in [-0.2, 0) is 7.05 Å². The maximum Gasteiger partial charge on any atom is 0.254 e. The van der Waals surface area contributed by atoms with Crippen LogP contribution in [0, 0.1) is 42.4 Å². The summed E-state index contributed by atoms with van der Waals surface area (Å²) in [5, 5.41) is 21.6. The number of hydrogen-bond acceptors (Lipinski definition) is 7. The number of hydrogen-bond donors (Lipinski definition) is 1. The molecule has 1 aliphatic rings. The molecule has 1 N–H and O–H groups in total. The van der Waals surface area contributed by atoms with Crippen molar-refractivity contribution in [2.75, 3.05) is 18.4 Å². The van der Waals surface area contributed by atoms with Crippen LogP contribution in [0.3, 0.4) is 0 Å². The van der Waals surface area contributed by atoms with Gasteiger partial charge in [0.1, 0.15) is 11.3 Å². The Bertz CT molecular complexity index is 1920. The molecule has 212 valence electrons. The molecule has 1 unspecified atom stereocenters. The second kappa shape index (κ2) is 11.3. The highest BCUT2D eigenvalue weighted by molar-refractivity contribution is 6.01. The molecule has 3 heterocycles. The molecule has 0 spiro atoms. The Morgan fingerprint density at radius 2 is 1.77 bits per heavy atom. The second-order valence-electron chi connectivity index (χ2n) is 10.8. The quantitative estimate of drug-likeness (QED) is 0.244. The summed E-state index contributed by atoms with van der Waals surface area (Å²) in [6.07, 6.45) is 2.62. The van der Waals surface area contributed by atoms with E-state index in [2.05, 4.69) is 22.4 Å². The van der Waals surface area contributed by atoms with Crippen LogP contribution < -0.4 is 10.1 Å². The van der Waals surface area contributed by atoms with Gasteiger partial charge >= 0.3 is 0 Å². The molecular formula is C34H29N7O2. The fourth-order valence-electron chi connectivity index (χ4n) is 5.54. The van der Waals surface area contributed by atoms with Gasteiger partial charge in [-0.25, -0.2) is 4.98 Å². The number of benzene rings is 3. The van der Waals surface area contributed by atoms with E-state index >= 15 is 0 Å². The lowest BCUT2D eigenvalue weighted by Gasteiger charge is -2.19. The highest BCUT2D eigenvalue weighted by atomic mass is 16.5. The molecule has 0 bridgehead atoms. The maximum absolute atomic E-state index is 13.5. The van der Waals surface area contributed by atoms with Crippen molar-refractivity contribution in [3.8, 4) is 34.9 Å². The molecule has 6 rings (SSSR count). The van der Waals surface area contributed by atoms with E-state index in [1.54, 1.807) is 29.2 Å². The third kappa shape index (κ3) is 5.37. The molecule has 0 saturated carbocycles. The van der Waals surface area contributed by atoms with Gasteiger partial charge in [0.25, 0.3) is 5.91 Å². The zero-order valence-corrected chi connectivity index (χ0v) is 24.1. The molecule has 9 heteroatoms. The normalized spacial score (nSPS) is 14.3. The Balaban J connectivity index is 1.33. The van der Waals surface area contributed by atoms with E-state index in [0.717, 1.165) is 39.0 Å². The number of nitrogens with zero attached hydrogens (tertiary/aromatic N) is 6. The van der Waals surface area contributed by atoms with E-state index in [4.69, 9.17) is 15.0 Å². The summed E-state index contributed by atoms with van der Waals surface area (Å²) in [5.41, 5.74) is 6.96. The van der Waals surface area contributed by atoms with Gasteiger partial charge in [0.2, 0.25) is 11.8 Å². The third-order valence-corrected chi connectivity index (χ3v) is 7.74. The number of carbonyl (C=O) groups excluding carboxylic acids is 1. The molecule has 2 aromatic heterocycles. The van der Waals surface area contributed by atoms with E-state index in [9.17, 15) is 10.1 Å². The molecule has 0 aliphatic carbocycles. The van der Waals surface area contributed by atoms with Crippen LogP contribution in [0.2, 0.25) is 0 Å². The van der Waals surface area contributed by atoms with Crippen LogP contribution in [0.5, 0.6) is 11.6 Å². The summed E-state index contributed by atoms with van der Waals surface area (Å²) < 4.78 is 8.44. The molecule has 1 aliphatic heterocycles. The monoisotopic (exact) mass is 567 g/mol. The predicted molar refractivity (Wildman–Crippen MR) is 164 cm³/mol. The molecule has 1 fully saturated rings. The van der Waals surface area contributed by atoms with Gasteiger partial charge in [0, 0.05) is 37.6 Å². The Morgan fingerprint density at radius 3 is 2.47 bits per heavy atom. The van der Waals surface area contributed by atoms with Crippen molar-refractivity contribution in [1.29, 1.82) is 10.5 Å². The molecule has 5 aromatic rings. The molecule has 1 atom stereocenters. The fraction of sp³-hybridized carbons (Fsp3) is 0.206. The lowest BCUT2D eigenvalue weighted by Crippen LogP contribution is -2.29. The number of carbonyl (C=O) groups is 1. The van der Waals surface area contributed by atoms with Crippen molar-refractivity contribution >= 4 is 28.6 Å². The largest absolute Gasteiger partial charge is 0.436 e. The van der Waals surface area contributed by atoms with Crippen molar-refractivity contribution in [2.24, 2.45) is 13.0 Å². The molecule has 43 heavy (non-hydrogen) atoms. The van der Waals surface area contributed by atoms with Crippen LogP contribution in [0.4, 0.5) is 11.6 Å². The van der Waals surface area contributed by atoms with Gasteiger partial charge in [-0.3, -0.25) is 4.79 Å². The molecule has 1 saturated heterocycles. The van der Waals surface area contributed by atoms with Crippen molar-refractivity contribution in [3.63, 3.8) is 0 Å². The molecule has 3 aromatic carbocycles. The van der Waals surface area contributed by atoms with Crippen LogP contribution in [0.25, 0.3) is 22.2 Å². The number of fused-ring (bicyclic) bond motifs is 1. The summed E-state index contributed by atoms with van der Waals surface area (Å²) in [6, 6.07) is 25.0. The number of amides is 1. The number of rotatable bonds is 6. The van der Waals surface area contributed by atoms with Crippen LogP contribution in [0.1, 0.15) is 33.5 Å². The first-order valence-electron chi connectivity index (χ1n) is 14.0. The SMILES string of the molecule is Cc1cc(-c2ccccc2C(=O)N2CCC(C#N)C2)cc(C)c1Oc1nc(Nc2ccc(C#N)cc2)nc2ccn(C)c12. The number of aromatic nitrogens is 3. The molecule has 1 amide bonds. The lowest BCUT2D eigenvalue weighted by molar-refractivity contribution is 0.0790. The van der Waals surface area contributed by atoms with Gasteiger partial charge in [-0.05, 0) is 91.1 Å². The Hall–Kier alpha value is -5.67. The summed E-state index contributed by atoms with van der Waals surface area (Å²) >= 11 is 0. The van der Waals surface area contributed by atoms with Gasteiger partial charge in [0.05, 0.1) is 29.1 Å². The van der Waals surface area contributed by atoms with Crippen LogP contribution >= 0.6 is 0 Å². The van der Waals surface area contributed by atoms with E-state index in [1.165, 1.54) is 0 Å². The topological polar surface area (TPSA) is 120 Å². The summed E-state index contributed by atoms with van der Waals surface area (Å²) in [7, 11) is 1.92. The van der Waals surface area contributed by atoms with E-state index in [-0.39, 0.29) is 11.8 Å². The Labute approximate surface area is 249 Å². The van der Waals surface area contributed by atoms with Gasteiger partial charge in [0.15, 0.2) is 0 Å². The number of aryl methyl sites for hydroxylation is 3. The minimum Gasteiger partial charge on any atom is -0.436 e.